The lowest BCUT2D eigenvalue weighted by atomic mass is 9.97. The van der Waals surface area contributed by atoms with Crippen molar-refractivity contribution in [1.29, 1.82) is 0 Å². The topological polar surface area (TPSA) is 9.23 Å². The molecule has 2 rings (SSSR count). The SMILES string of the molecule is C[C@H]1CC[C@@]2(CCCO2)C1. The van der Waals surface area contributed by atoms with E-state index in [1.165, 1.54) is 32.1 Å². The van der Waals surface area contributed by atoms with Gasteiger partial charge in [-0.25, -0.2) is 0 Å². The average molecular weight is 140 g/mol. The van der Waals surface area contributed by atoms with Gasteiger partial charge in [0.25, 0.3) is 0 Å². The highest BCUT2D eigenvalue weighted by atomic mass is 16.5. The van der Waals surface area contributed by atoms with E-state index in [4.69, 9.17) is 4.74 Å². The molecule has 10 heavy (non-hydrogen) atoms. The zero-order valence-electron chi connectivity index (χ0n) is 6.73. The van der Waals surface area contributed by atoms with Crippen molar-refractivity contribution >= 4 is 0 Å². The van der Waals surface area contributed by atoms with Crippen molar-refractivity contribution in [1.82, 2.24) is 0 Å². The molecule has 0 radical (unpaired) electrons. The number of hydrogen-bond donors (Lipinski definition) is 0. The summed E-state index contributed by atoms with van der Waals surface area (Å²) in [5.74, 6) is 0.915. The standard InChI is InChI=1S/C9H16O/c1-8-3-5-9(7-8)4-2-6-10-9/h8H,2-7H2,1H3/t8-,9-/m0/s1. The van der Waals surface area contributed by atoms with Gasteiger partial charge in [0.15, 0.2) is 0 Å². The minimum absolute atomic E-state index is 0.361. The molecule has 0 aromatic carbocycles. The molecule has 0 bridgehead atoms. The summed E-state index contributed by atoms with van der Waals surface area (Å²) in [6, 6.07) is 0. The van der Waals surface area contributed by atoms with Gasteiger partial charge in [0, 0.05) is 6.61 Å². The Bertz CT molecular complexity index is 125. The van der Waals surface area contributed by atoms with Crippen molar-refractivity contribution in [3.63, 3.8) is 0 Å². The summed E-state index contributed by atoms with van der Waals surface area (Å²) in [6.45, 7) is 3.36. The monoisotopic (exact) mass is 140 g/mol. The molecule has 1 spiro atoms. The van der Waals surface area contributed by atoms with E-state index in [9.17, 15) is 0 Å². The highest BCUT2D eigenvalue weighted by Gasteiger charge is 2.40. The van der Waals surface area contributed by atoms with Crippen LogP contribution in [0.25, 0.3) is 0 Å². The van der Waals surface area contributed by atoms with Crippen LogP contribution >= 0.6 is 0 Å². The highest BCUT2D eigenvalue weighted by Crippen LogP contribution is 2.43. The van der Waals surface area contributed by atoms with Crippen molar-refractivity contribution in [2.24, 2.45) is 5.92 Å². The first-order chi connectivity index (χ1) is 4.81. The Hall–Kier alpha value is -0.0400. The van der Waals surface area contributed by atoms with Crippen LogP contribution in [0.5, 0.6) is 0 Å². The van der Waals surface area contributed by atoms with E-state index in [-0.39, 0.29) is 0 Å². The normalized spacial score (nSPS) is 47.1. The molecular formula is C9H16O. The van der Waals surface area contributed by atoms with Crippen LogP contribution in [-0.2, 0) is 4.74 Å². The fourth-order valence-electron chi connectivity index (χ4n) is 2.46. The largest absolute Gasteiger partial charge is 0.375 e. The molecular weight excluding hydrogens is 124 g/mol. The molecule has 2 atom stereocenters. The van der Waals surface area contributed by atoms with Crippen LogP contribution in [0.4, 0.5) is 0 Å². The second kappa shape index (κ2) is 2.23. The fraction of sp³-hybridized carbons (Fsp3) is 1.00. The van der Waals surface area contributed by atoms with Crippen molar-refractivity contribution in [3.05, 3.63) is 0 Å². The second-order valence-corrected chi connectivity index (χ2v) is 3.98. The minimum atomic E-state index is 0.361. The molecule has 1 saturated carbocycles. The molecule has 0 N–H and O–H groups in total. The molecule has 2 aliphatic rings. The third-order valence-corrected chi connectivity index (χ3v) is 3.00. The first-order valence-corrected chi connectivity index (χ1v) is 4.45. The van der Waals surface area contributed by atoms with Crippen LogP contribution in [0.15, 0.2) is 0 Å². The van der Waals surface area contributed by atoms with E-state index < -0.39 is 0 Å². The summed E-state index contributed by atoms with van der Waals surface area (Å²) >= 11 is 0. The van der Waals surface area contributed by atoms with Gasteiger partial charge in [-0.3, -0.25) is 0 Å². The Balaban J connectivity index is 2.03. The lowest BCUT2D eigenvalue weighted by Gasteiger charge is -2.21. The van der Waals surface area contributed by atoms with Crippen LogP contribution in [-0.4, -0.2) is 12.2 Å². The van der Waals surface area contributed by atoms with Crippen molar-refractivity contribution in [2.45, 2.75) is 44.6 Å². The molecule has 1 heterocycles. The molecule has 1 nitrogen and oxygen atoms in total. The van der Waals surface area contributed by atoms with Crippen LogP contribution in [0.1, 0.15) is 39.0 Å². The molecule has 0 unspecified atom stereocenters. The zero-order valence-corrected chi connectivity index (χ0v) is 6.73. The molecule has 1 saturated heterocycles. The lowest BCUT2D eigenvalue weighted by molar-refractivity contribution is 0.00775. The maximum absolute atomic E-state index is 5.77. The lowest BCUT2D eigenvalue weighted by Crippen LogP contribution is -2.22. The Morgan fingerprint density at radius 2 is 2.30 bits per heavy atom. The van der Waals surface area contributed by atoms with Gasteiger partial charge in [-0.15, -0.1) is 0 Å². The van der Waals surface area contributed by atoms with Gasteiger partial charge < -0.3 is 4.74 Å². The van der Waals surface area contributed by atoms with Crippen molar-refractivity contribution < 1.29 is 4.74 Å². The molecule has 1 heteroatoms. The number of hydrogen-bond acceptors (Lipinski definition) is 1. The fourth-order valence-corrected chi connectivity index (χ4v) is 2.46. The van der Waals surface area contributed by atoms with Crippen molar-refractivity contribution in [2.75, 3.05) is 6.61 Å². The number of ether oxygens (including phenoxy) is 1. The van der Waals surface area contributed by atoms with Gasteiger partial charge in [-0.2, -0.15) is 0 Å². The predicted octanol–water partition coefficient (Wildman–Crippen LogP) is 2.36. The van der Waals surface area contributed by atoms with Gasteiger partial charge in [0.05, 0.1) is 5.60 Å². The number of rotatable bonds is 0. The smallest absolute Gasteiger partial charge is 0.0686 e. The maximum Gasteiger partial charge on any atom is 0.0686 e. The van der Waals surface area contributed by atoms with Crippen LogP contribution in [0, 0.1) is 5.92 Å². The third kappa shape index (κ3) is 0.968. The van der Waals surface area contributed by atoms with Gasteiger partial charge in [0.1, 0.15) is 0 Å². The Morgan fingerprint density at radius 1 is 1.40 bits per heavy atom. The Morgan fingerprint density at radius 3 is 2.80 bits per heavy atom. The molecule has 1 aliphatic carbocycles. The second-order valence-electron chi connectivity index (χ2n) is 3.98. The molecule has 1 aliphatic heterocycles. The van der Waals surface area contributed by atoms with Gasteiger partial charge in [-0.05, 0) is 38.0 Å². The van der Waals surface area contributed by atoms with E-state index in [2.05, 4.69) is 6.92 Å². The average Bonchev–Trinajstić information content (AvgIpc) is 2.46. The molecule has 0 aromatic heterocycles. The van der Waals surface area contributed by atoms with Crippen LogP contribution in [0.2, 0.25) is 0 Å². The van der Waals surface area contributed by atoms with Gasteiger partial charge >= 0.3 is 0 Å². The summed E-state index contributed by atoms with van der Waals surface area (Å²) in [7, 11) is 0. The first-order valence-electron chi connectivity index (χ1n) is 4.45. The Labute approximate surface area is 62.8 Å². The van der Waals surface area contributed by atoms with E-state index in [1.54, 1.807) is 0 Å². The van der Waals surface area contributed by atoms with Crippen LogP contribution < -0.4 is 0 Å². The highest BCUT2D eigenvalue weighted by molar-refractivity contribution is 4.92. The summed E-state index contributed by atoms with van der Waals surface area (Å²) in [5, 5.41) is 0. The summed E-state index contributed by atoms with van der Waals surface area (Å²) in [4.78, 5) is 0. The van der Waals surface area contributed by atoms with Crippen LogP contribution in [0.3, 0.4) is 0 Å². The summed E-state index contributed by atoms with van der Waals surface area (Å²) in [6.07, 6.45) is 6.67. The minimum Gasteiger partial charge on any atom is -0.375 e. The summed E-state index contributed by atoms with van der Waals surface area (Å²) < 4.78 is 5.77. The van der Waals surface area contributed by atoms with Crippen molar-refractivity contribution in [3.8, 4) is 0 Å². The summed E-state index contributed by atoms with van der Waals surface area (Å²) in [5.41, 5.74) is 0.361. The molecule has 0 aromatic rings. The molecule has 2 fully saturated rings. The quantitative estimate of drug-likeness (QED) is 0.502. The van der Waals surface area contributed by atoms with E-state index in [0.29, 0.717) is 5.60 Å². The first kappa shape index (κ1) is 6.66. The van der Waals surface area contributed by atoms with E-state index in [0.717, 1.165) is 12.5 Å². The van der Waals surface area contributed by atoms with E-state index in [1.807, 2.05) is 0 Å². The molecule has 0 amide bonds. The maximum atomic E-state index is 5.77. The van der Waals surface area contributed by atoms with E-state index >= 15 is 0 Å². The van der Waals surface area contributed by atoms with Gasteiger partial charge in [-0.1, -0.05) is 6.92 Å². The Kier molecular flexibility index (Phi) is 1.48. The third-order valence-electron chi connectivity index (χ3n) is 3.00. The van der Waals surface area contributed by atoms with Gasteiger partial charge in [0.2, 0.25) is 0 Å². The molecule has 58 valence electrons. The predicted molar refractivity (Wildman–Crippen MR) is 40.9 cm³/mol. The zero-order chi connectivity index (χ0) is 7.03.